The summed E-state index contributed by atoms with van der Waals surface area (Å²) in [4.78, 5) is 4.43. The van der Waals surface area contributed by atoms with Crippen LogP contribution in [-0.4, -0.2) is 45.6 Å². The van der Waals surface area contributed by atoms with Crippen LogP contribution in [0.4, 0.5) is 11.4 Å². The largest absolute Gasteiger partial charge is 0.493 e. The highest BCUT2D eigenvalue weighted by molar-refractivity contribution is 5.98. The van der Waals surface area contributed by atoms with Gasteiger partial charge >= 0.3 is 0 Å². The summed E-state index contributed by atoms with van der Waals surface area (Å²) in [6.07, 6.45) is 1.53. The molecule has 0 unspecified atom stereocenters. The van der Waals surface area contributed by atoms with Crippen molar-refractivity contribution in [2.24, 2.45) is 0 Å². The number of hydrogen-bond donors (Lipinski definition) is 1. The van der Waals surface area contributed by atoms with Gasteiger partial charge in [-0.25, -0.2) is 0 Å². The molecule has 0 radical (unpaired) electrons. The zero-order chi connectivity index (χ0) is 23.2. The lowest BCUT2D eigenvalue weighted by Crippen LogP contribution is -2.17. The molecular weight excluding hydrogens is 422 g/mol. The fourth-order valence-electron chi connectivity index (χ4n) is 3.52. The summed E-state index contributed by atoms with van der Waals surface area (Å²) in [6.45, 7) is 3.54. The Morgan fingerprint density at radius 2 is 1.91 bits per heavy atom. The molecule has 33 heavy (non-hydrogen) atoms. The molecule has 4 rings (SSSR count). The van der Waals surface area contributed by atoms with Crippen molar-refractivity contribution in [2.45, 2.75) is 6.92 Å². The molecule has 0 aliphatic carbocycles. The number of benzene rings is 2. The molecule has 1 N–H and O–H groups in total. The van der Waals surface area contributed by atoms with Gasteiger partial charge in [0.1, 0.15) is 25.9 Å². The van der Waals surface area contributed by atoms with Crippen molar-refractivity contribution in [1.82, 2.24) is 4.98 Å². The molecule has 8 heteroatoms. The smallest absolute Gasteiger partial charge is 0.186 e. The van der Waals surface area contributed by atoms with Crippen LogP contribution in [0.5, 0.6) is 23.0 Å². The number of ether oxygens (including phenoxy) is 5. The second-order valence-electron chi connectivity index (χ2n) is 6.99. The van der Waals surface area contributed by atoms with E-state index in [0.29, 0.717) is 82.8 Å². The summed E-state index contributed by atoms with van der Waals surface area (Å²) < 4.78 is 28.0. The summed E-state index contributed by atoms with van der Waals surface area (Å²) in [5.41, 5.74) is 2.98. The number of nitrogens with one attached hydrogen (secondary N) is 1. The van der Waals surface area contributed by atoms with Gasteiger partial charge in [0.15, 0.2) is 23.0 Å². The predicted molar refractivity (Wildman–Crippen MR) is 124 cm³/mol. The van der Waals surface area contributed by atoms with Gasteiger partial charge in [-0.2, -0.15) is 5.26 Å². The normalized spacial score (nSPS) is 11.8. The highest BCUT2D eigenvalue weighted by Crippen LogP contribution is 2.43. The molecule has 0 bridgehead atoms. The first-order chi connectivity index (χ1) is 16.2. The van der Waals surface area contributed by atoms with Crippen molar-refractivity contribution < 1.29 is 23.7 Å². The van der Waals surface area contributed by atoms with Crippen molar-refractivity contribution in [3.05, 3.63) is 41.6 Å². The first kappa shape index (κ1) is 22.1. The van der Waals surface area contributed by atoms with E-state index < -0.39 is 0 Å². The summed E-state index contributed by atoms with van der Waals surface area (Å²) in [7, 11) is 3.16. The van der Waals surface area contributed by atoms with E-state index in [-0.39, 0.29) is 0 Å². The Hall–Kier alpha value is -4.14. The van der Waals surface area contributed by atoms with E-state index in [1.54, 1.807) is 20.3 Å². The monoisotopic (exact) mass is 445 g/mol. The number of methoxy groups -OCH3 is 2. The number of aromatic nitrogens is 1. The van der Waals surface area contributed by atoms with Crippen LogP contribution < -0.4 is 24.3 Å². The zero-order valence-corrected chi connectivity index (χ0v) is 18.7. The lowest BCUT2D eigenvalue weighted by molar-refractivity contribution is 0.172. The van der Waals surface area contributed by atoms with Crippen LogP contribution in [0, 0.1) is 23.2 Å². The molecule has 0 saturated carbocycles. The Morgan fingerprint density at radius 3 is 2.64 bits per heavy atom. The number of fused-ring (bicyclic) bond motifs is 2. The van der Waals surface area contributed by atoms with Crippen LogP contribution in [0.25, 0.3) is 10.9 Å². The van der Waals surface area contributed by atoms with E-state index in [4.69, 9.17) is 23.7 Å². The molecule has 0 saturated heterocycles. The number of hydrogen-bond acceptors (Lipinski definition) is 8. The Bertz CT molecular complexity index is 1290. The molecule has 0 amide bonds. The van der Waals surface area contributed by atoms with Crippen molar-refractivity contribution in [3.8, 4) is 40.9 Å². The molecule has 1 aliphatic heterocycles. The molecule has 2 aromatic carbocycles. The van der Waals surface area contributed by atoms with E-state index in [1.165, 1.54) is 6.20 Å². The Kier molecular flexibility index (Phi) is 6.68. The van der Waals surface area contributed by atoms with Crippen molar-refractivity contribution >= 4 is 22.3 Å². The van der Waals surface area contributed by atoms with Crippen LogP contribution >= 0.6 is 0 Å². The van der Waals surface area contributed by atoms with E-state index >= 15 is 0 Å². The maximum atomic E-state index is 9.75. The summed E-state index contributed by atoms with van der Waals surface area (Å²) in [5, 5.41) is 13.8. The van der Waals surface area contributed by atoms with Crippen LogP contribution in [0.2, 0.25) is 0 Å². The second kappa shape index (κ2) is 9.99. The quantitative estimate of drug-likeness (QED) is 0.569. The van der Waals surface area contributed by atoms with Gasteiger partial charge in [-0.05, 0) is 25.1 Å². The number of rotatable bonds is 6. The number of anilines is 2. The van der Waals surface area contributed by atoms with Crippen LogP contribution in [-0.2, 0) is 4.74 Å². The van der Waals surface area contributed by atoms with E-state index in [2.05, 4.69) is 28.2 Å². The maximum Gasteiger partial charge on any atom is 0.186 e. The van der Waals surface area contributed by atoms with Crippen molar-refractivity contribution in [3.63, 3.8) is 0 Å². The van der Waals surface area contributed by atoms with E-state index in [1.807, 2.05) is 25.1 Å². The minimum Gasteiger partial charge on any atom is -0.493 e. The Balaban J connectivity index is 1.83. The number of nitrogens with zero attached hydrogens (tertiary/aromatic N) is 2. The average Bonchev–Trinajstić information content (AvgIpc) is 2.85. The van der Waals surface area contributed by atoms with Gasteiger partial charge in [-0.1, -0.05) is 11.8 Å². The van der Waals surface area contributed by atoms with Crippen molar-refractivity contribution in [1.29, 1.82) is 5.26 Å². The summed E-state index contributed by atoms with van der Waals surface area (Å²) in [5.74, 6) is 8.22. The topological polar surface area (TPSA) is 94.9 Å². The van der Waals surface area contributed by atoms with E-state index in [0.717, 1.165) is 0 Å². The molecule has 0 atom stereocenters. The van der Waals surface area contributed by atoms with Gasteiger partial charge in [0.2, 0.25) is 0 Å². The Labute approximate surface area is 192 Å². The van der Waals surface area contributed by atoms with Crippen LogP contribution in [0.3, 0.4) is 0 Å². The predicted octanol–water partition coefficient (Wildman–Crippen LogP) is 4.03. The first-order valence-electron chi connectivity index (χ1n) is 10.4. The third kappa shape index (κ3) is 4.43. The highest BCUT2D eigenvalue weighted by Gasteiger charge is 2.22. The highest BCUT2D eigenvalue weighted by atomic mass is 16.6. The molecule has 168 valence electrons. The molecule has 8 nitrogen and oxygen atoms in total. The van der Waals surface area contributed by atoms with Gasteiger partial charge in [0.05, 0.1) is 41.7 Å². The standard InChI is InChI=1S/C25H23N3O5/c1-4-31-22-13-20-18(12-21(22)30-3)23(17(14-26)15-27-20)28-19-8-7-16(6-5-9-29-2)24-25(19)33-11-10-32-24/h7-8,12-13,15H,4,9-11H2,1-3H3,(H,27,28). The molecular formula is C25H23N3O5. The first-order valence-corrected chi connectivity index (χ1v) is 10.4. The molecule has 1 aromatic heterocycles. The van der Waals surface area contributed by atoms with Gasteiger partial charge in [0, 0.05) is 24.8 Å². The molecule has 3 aromatic rings. The SMILES string of the molecule is CCOc1cc2ncc(C#N)c(Nc3ccc(C#CCOC)c4c3OCCO4)c2cc1OC. The Morgan fingerprint density at radius 1 is 1.09 bits per heavy atom. The summed E-state index contributed by atoms with van der Waals surface area (Å²) in [6, 6.07) is 9.51. The average molecular weight is 445 g/mol. The maximum absolute atomic E-state index is 9.75. The lowest BCUT2D eigenvalue weighted by Gasteiger charge is -2.23. The van der Waals surface area contributed by atoms with Gasteiger partial charge in [0.25, 0.3) is 0 Å². The fraction of sp³-hybridized carbons (Fsp3) is 0.280. The minimum atomic E-state index is 0.315. The lowest BCUT2D eigenvalue weighted by atomic mass is 10.1. The molecule has 0 fully saturated rings. The van der Waals surface area contributed by atoms with Crippen LogP contribution in [0.15, 0.2) is 30.5 Å². The van der Waals surface area contributed by atoms with Gasteiger partial charge in [-0.3, -0.25) is 4.98 Å². The van der Waals surface area contributed by atoms with E-state index in [9.17, 15) is 5.26 Å². The zero-order valence-electron chi connectivity index (χ0n) is 18.7. The summed E-state index contributed by atoms with van der Waals surface area (Å²) >= 11 is 0. The molecule has 2 heterocycles. The second-order valence-corrected chi connectivity index (χ2v) is 6.99. The fourth-order valence-corrected chi connectivity index (χ4v) is 3.52. The number of pyridine rings is 1. The van der Waals surface area contributed by atoms with Crippen LogP contribution in [0.1, 0.15) is 18.1 Å². The van der Waals surface area contributed by atoms with Crippen molar-refractivity contribution in [2.75, 3.05) is 46.0 Å². The minimum absolute atomic E-state index is 0.315. The third-order valence-corrected chi connectivity index (χ3v) is 4.96. The van der Waals surface area contributed by atoms with Gasteiger partial charge < -0.3 is 29.0 Å². The molecule has 0 spiro atoms. The molecule has 1 aliphatic rings. The van der Waals surface area contributed by atoms with Gasteiger partial charge in [-0.15, -0.1) is 0 Å². The third-order valence-electron chi connectivity index (χ3n) is 4.96. The number of nitriles is 1.